The number of hydrogen-bond acceptors (Lipinski definition) is 4. The smallest absolute Gasteiger partial charge is 0.263 e. The third-order valence-corrected chi connectivity index (χ3v) is 4.76. The van der Waals surface area contributed by atoms with Gasteiger partial charge >= 0.3 is 0 Å². The quantitative estimate of drug-likeness (QED) is 0.720. The monoisotopic (exact) mass is 371 g/mol. The molecule has 0 aliphatic heterocycles. The average Bonchev–Trinajstić information content (AvgIpc) is 2.64. The molecule has 0 fully saturated rings. The van der Waals surface area contributed by atoms with Crippen LogP contribution in [0.3, 0.4) is 0 Å². The zero-order valence-corrected chi connectivity index (χ0v) is 14.2. The summed E-state index contributed by atoms with van der Waals surface area (Å²) < 4.78 is 40.2. The number of nitrogens with one attached hydrogen (secondary N) is 2. The number of nitrogens with zero attached hydrogens (tertiary/aromatic N) is 1. The molecule has 132 valence electrons. The number of carbonyl (C=O) groups is 1. The number of sulfonamides is 1. The maximum Gasteiger partial charge on any atom is 0.263 e. The van der Waals surface area contributed by atoms with Crippen LogP contribution in [0.1, 0.15) is 10.4 Å². The maximum absolute atomic E-state index is 12.9. The Balaban J connectivity index is 1.81. The molecule has 2 N–H and O–H groups in total. The van der Waals surface area contributed by atoms with Gasteiger partial charge < -0.3 is 5.32 Å². The molecule has 1 aromatic heterocycles. The van der Waals surface area contributed by atoms with E-state index in [0.29, 0.717) is 5.69 Å². The van der Waals surface area contributed by atoms with Crippen molar-refractivity contribution >= 4 is 27.4 Å². The summed E-state index contributed by atoms with van der Waals surface area (Å²) in [4.78, 5) is 16.1. The summed E-state index contributed by atoms with van der Waals surface area (Å²) in [5, 5.41) is 2.58. The van der Waals surface area contributed by atoms with Gasteiger partial charge in [-0.25, -0.2) is 17.8 Å². The number of halogens is 1. The van der Waals surface area contributed by atoms with Gasteiger partial charge in [-0.3, -0.25) is 9.52 Å². The molecule has 2 aromatic carbocycles. The van der Waals surface area contributed by atoms with Crippen molar-refractivity contribution in [3.63, 3.8) is 0 Å². The number of pyridine rings is 1. The van der Waals surface area contributed by atoms with Crippen LogP contribution in [0.4, 0.5) is 15.9 Å². The van der Waals surface area contributed by atoms with E-state index in [1.165, 1.54) is 60.8 Å². The van der Waals surface area contributed by atoms with Crippen LogP contribution < -0.4 is 10.0 Å². The summed E-state index contributed by atoms with van der Waals surface area (Å²) >= 11 is 0. The number of aromatic nitrogens is 1. The first-order valence-corrected chi connectivity index (χ1v) is 9.03. The zero-order valence-electron chi connectivity index (χ0n) is 13.4. The highest BCUT2D eigenvalue weighted by atomic mass is 32.2. The number of amides is 1. The van der Waals surface area contributed by atoms with Crippen molar-refractivity contribution < 1.29 is 17.6 Å². The molecule has 0 aliphatic carbocycles. The van der Waals surface area contributed by atoms with Gasteiger partial charge in [0.1, 0.15) is 11.6 Å². The highest BCUT2D eigenvalue weighted by Gasteiger charge is 2.17. The SMILES string of the molecule is O=C(Nc1ccc(F)cc1)c1cccc(S(=O)(=O)Nc2ccccn2)c1. The average molecular weight is 371 g/mol. The topological polar surface area (TPSA) is 88.2 Å². The van der Waals surface area contributed by atoms with Crippen LogP contribution in [0.15, 0.2) is 77.8 Å². The lowest BCUT2D eigenvalue weighted by Gasteiger charge is -2.09. The van der Waals surface area contributed by atoms with Gasteiger partial charge in [0.05, 0.1) is 4.90 Å². The standard InChI is InChI=1S/C18H14FN3O3S/c19-14-7-9-15(10-8-14)21-18(23)13-4-3-5-16(12-13)26(24,25)22-17-6-1-2-11-20-17/h1-12H,(H,20,22)(H,21,23). The van der Waals surface area contributed by atoms with E-state index in [-0.39, 0.29) is 16.3 Å². The second kappa shape index (κ2) is 7.32. The molecule has 0 radical (unpaired) electrons. The molecular formula is C18H14FN3O3S. The molecule has 0 spiro atoms. The number of rotatable bonds is 5. The Morgan fingerprint density at radius 2 is 1.73 bits per heavy atom. The van der Waals surface area contributed by atoms with E-state index >= 15 is 0 Å². The molecule has 1 heterocycles. The molecule has 3 aromatic rings. The largest absolute Gasteiger partial charge is 0.322 e. The molecule has 0 unspecified atom stereocenters. The molecule has 3 rings (SSSR count). The van der Waals surface area contributed by atoms with Gasteiger partial charge in [-0.05, 0) is 54.6 Å². The van der Waals surface area contributed by atoms with Gasteiger partial charge in [0.15, 0.2) is 0 Å². The lowest BCUT2D eigenvalue weighted by molar-refractivity contribution is 0.102. The normalized spacial score (nSPS) is 11.0. The summed E-state index contributed by atoms with van der Waals surface area (Å²) in [5.74, 6) is -0.753. The van der Waals surface area contributed by atoms with E-state index in [9.17, 15) is 17.6 Å². The number of anilines is 2. The van der Waals surface area contributed by atoms with Crippen LogP contribution in [-0.2, 0) is 10.0 Å². The molecule has 8 heteroatoms. The minimum atomic E-state index is -3.89. The molecule has 26 heavy (non-hydrogen) atoms. The van der Waals surface area contributed by atoms with Crippen molar-refractivity contribution in [3.05, 3.63) is 84.3 Å². The van der Waals surface area contributed by atoms with E-state index in [4.69, 9.17) is 0 Å². The second-order valence-electron chi connectivity index (χ2n) is 5.31. The Morgan fingerprint density at radius 3 is 2.42 bits per heavy atom. The first-order valence-electron chi connectivity index (χ1n) is 7.55. The Kier molecular flexibility index (Phi) is 4.94. The lowest BCUT2D eigenvalue weighted by atomic mass is 10.2. The second-order valence-corrected chi connectivity index (χ2v) is 6.99. The molecule has 0 atom stereocenters. The third-order valence-electron chi connectivity index (χ3n) is 3.41. The predicted octanol–water partition coefficient (Wildman–Crippen LogP) is 3.27. The van der Waals surface area contributed by atoms with E-state index < -0.39 is 21.7 Å². The fourth-order valence-electron chi connectivity index (χ4n) is 2.16. The van der Waals surface area contributed by atoms with Crippen LogP contribution in [-0.4, -0.2) is 19.3 Å². The van der Waals surface area contributed by atoms with Crippen LogP contribution >= 0.6 is 0 Å². The molecule has 0 saturated carbocycles. The minimum absolute atomic E-state index is 0.0742. The fraction of sp³-hybridized carbons (Fsp3) is 0. The van der Waals surface area contributed by atoms with Crippen LogP contribution in [0, 0.1) is 5.82 Å². The van der Waals surface area contributed by atoms with Crippen molar-refractivity contribution in [2.75, 3.05) is 10.0 Å². The van der Waals surface area contributed by atoms with Gasteiger partial charge in [0, 0.05) is 17.4 Å². The van der Waals surface area contributed by atoms with Gasteiger partial charge in [0.25, 0.3) is 15.9 Å². The van der Waals surface area contributed by atoms with Gasteiger partial charge in [-0.1, -0.05) is 12.1 Å². The van der Waals surface area contributed by atoms with Gasteiger partial charge in [-0.15, -0.1) is 0 Å². The highest BCUT2D eigenvalue weighted by Crippen LogP contribution is 2.17. The molecule has 0 saturated heterocycles. The Hall–Kier alpha value is -3.26. The first kappa shape index (κ1) is 17.6. The molecular weight excluding hydrogens is 357 g/mol. The summed E-state index contributed by atoms with van der Waals surface area (Å²) in [5.41, 5.74) is 0.550. The third kappa shape index (κ3) is 4.22. The summed E-state index contributed by atoms with van der Waals surface area (Å²) in [7, 11) is -3.89. The molecule has 0 bridgehead atoms. The fourth-order valence-corrected chi connectivity index (χ4v) is 3.21. The number of hydrogen-bond donors (Lipinski definition) is 2. The van der Waals surface area contributed by atoms with E-state index in [0.717, 1.165) is 0 Å². The molecule has 0 aliphatic rings. The Bertz CT molecular complexity index is 1020. The van der Waals surface area contributed by atoms with Crippen molar-refractivity contribution in [2.24, 2.45) is 0 Å². The molecule has 6 nitrogen and oxygen atoms in total. The van der Waals surface area contributed by atoms with Crippen molar-refractivity contribution in [1.82, 2.24) is 4.98 Å². The summed E-state index contributed by atoms with van der Waals surface area (Å²) in [6.45, 7) is 0. The van der Waals surface area contributed by atoms with Gasteiger partial charge in [0.2, 0.25) is 0 Å². The summed E-state index contributed by atoms with van der Waals surface area (Å²) in [6, 6.07) is 15.7. The highest BCUT2D eigenvalue weighted by molar-refractivity contribution is 7.92. The number of benzene rings is 2. The molecule has 1 amide bonds. The van der Waals surface area contributed by atoms with Crippen LogP contribution in [0.5, 0.6) is 0 Å². The lowest BCUT2D eigenvalue weighted by Crippen LogP contribution is -2.16. The minimum Gasteiger partial charge on any atom is -0.322 e. The van der Waals surface area contributed by atoms with Crippen LogP contribution in [0.2, 0.25) is 0 Å². The Morgan fingerprint density at radius 1 is 0.962 bits per heavy atom. The van der Waals surface area contributed by atoms with Crippen LogP contribution in [0.25, 0.3) is 0 Å². The van der Waals surface area contributed by atoms with E-state index in [1.54, 1.807) is 12.1 Å². The first-order chi connectivity index (χ1) is 12.4. The zero-order chi connectivity index (χ0) is 18.6. The van der Waals surface area contributed by atoms with E-state index in [1.807, 2.05) is 0 Å². The number of carbonyl (C=O) groups excluding carboxylic acids is 1. The summed E-state index contributed by atoms with van der Waals surface area (Å²) in [6.07, 6.45) is 1.46. The van der Waals surface area contributed by atoms with Crippen molar-refractivity contribution in [3.8, 4) is 0 Å². The van der Waals surface area contributed by atoms with Crippen molar-refractivity contribution in [1.29, 1.82) is 0 Å². The maximum atomic E-state index is 12.9. The van der Waals surface area contributed by atoms with Gasteiger partial charge in [-0.2, -0.15) is 0 Å². The van der Waals surface area contributed by atoms with E-state index in [2.05, 4.69) is 15.0 Å². The Labute approximate surface area is 149 Å². The van der Waals surface area contributed by atoms with Crippen molar-refractivity contribution in [2.45, 2.75) is 4.90 Å². The predicted molar refractivity (Wildman–Crippen MR) is 95.8 cm³/mol.